The van der Waals surface area contributed by atoms with E-state index in [2.05, 4.69) is 15.3 Å². The third kappa shape index (κ3) is 9.43. The number of nitrogens with one attached hydrogen (secondary N) is 1. The Morgan fingerprint density at radius 1 is 1.45 bits per heavy atom. The van der Waals surface area contributed by atoms with E-state index < -0.39 is 27.4 Å². The third-order valence-corrected chi connectivity index (χ3v) is 3.98. The minimum absolute atomic E-state index is 0.193. The number of hydrogen-bond acceptors (Lipinski definition) is 6. The van der Waals surface area contributed by atoms with Crippen LogP contribution in [0.25, 0.3) is 10.4 Å². The lowest BCUT2D eigenvalue weighted by Gasteiger charge is -2.33. The maximum atomic E-state index is 11.7. The van der Waals surface area contributed by atoms with Crippen molar-refractivity contribution < 1.29 is 22.7 Å². The molecule has 0 saturated carbocycles. The van der Waals surface area contributed by atoms with Crippen LogP contribution in [0, 0.1) is 5.41 Å². The number of amides is 1. The van der Waals surface area contributed by atoms with Crippen molar-refractivity contribution in [3.63, 3.8) is 0 Å². The fourth-order valence-electron chi connectivity index (χ4n) is 1.66. The van der Waals surface area contributed by atoms with Crippen molar-refractivity contribution in [3.05, 3.63) is 10.4 Å². The van der Waals surface area contributed by atoms with E-state index in [1.165, 1.54) is 7.11 Å². The van der Waals surface area contributed by atoms with E-state index in [1.807, 2.05) is 0 Å². The molecule has 1 amide bonds. The topological polar surface area (TPSA) is 130 Å². The number of carbonyl (C=O) groups excluding carboxylic acids is 1. The Hall–Kier alpha value is -1.51. The van der Waals surface area contributed by atoms with Crippen molar-refractivity contribution in [1.82, 2.24) is 5.32 Å². The molecule has 0 saturated heterocycles. The summed E-state index contributed by atoms with van der Waals surface area (Å²) in [6.45, 7) is 4.31. The number of sulfone groups is 1. The largest absolute Gasteiger partial charge is 0.445 e. The molecule has 9 nitrogen and oxygen atoms in total. The SMILES string of the molecule is COCCNC(=O)OC(CS(C)(=O)=O)C(C)(C)CCN=[N+]=[N-]. The third-order valence-electron chi connectivity index (χ3n) is 3.07. The fraction of sp³-hybridized carbons (Fsp3) is 0.917. The van der Waals surface area contributed by atoms with Gasteiger partial charge >= 0.3 is 6.09 Å². The second kappa shape index (κ2) is 9.50. The highest BCUT2D eigenvalue weighted by molar-refractivity contribution is 7.90. The molecule has 0 bridgehead atoms. The number of methoxy groups -OCH3 is 1. The Kier molecular flexibility index (Phi) is 8.84. The Morgan fingerprint density at radius 3 is 2.59 bits per heavy atom. The number of ether oxygens (including phenoxy) is 2. The molecule has 0 aromatic heterocycles. The quantitative estimate of drug-likeness (QED) is 0.279. The first-order valence-electron chi connectivity index (χ1n) is 6.74. The normalized spacial score (nSPS) is 13.1. The van der Waals surface area contributed by atoms with Gasteiger partial charge in [0, 0.05) is 36.8 Å². The van der Waals surface area contributed by atoms with Crippen LogP contribution in [-0.2, 0) is 19.3 Å². The zero-order valence-corrected chi connectivity index (χ0v) is 14.2. The van der Waals surface area contributed by atoms with Crippen molar-refractivity contribution in [3.8, 4) is 0 Å². The van der Waals surface area contributed by atoms with E-state index in [0.717, 1.165) is 6.26 Å². The molecule has 0 aliphatic carbocycles. The lowest BCUT2D eigenvalue weighted by atomic mass is 9.84. The van der Waals surface area contributed by atoms with Crippen LogP contribution < -0.4 is 5.32 Å². The zero-order chi connectivity index (χ0) is 17.2. The van der Waals surface area contributed by atoms with Gasteiger partial charge in [-0.05, 0) is 12.0 Å². The molecule has 128 valence electrons. The molecule has 1 N–H and O–H groups in total. The van der Waals surface area contributed by atoms with Crippen LogP contribution in [0.3, 0.4) is 0 Å². The molecule has 0 rings (SSSR count). The van der Waals surface area contributed by atoms with E-state index in [1.54, 1.807) is 13.8 Å². The molecule has 1 atom stereocenters. The van der Waals surface area contributed by atoms with Gasteiger partial charge in [0.1, 0.15) is 6.10 Å². The zero-order valence-electron chi connectivity index (χ0n) is 13.4. The molecule has 0 aromatic rings. The van der Waals surface area contributed by atoms with Crippen molar-refractivity contribution in [2.45, 2.75) is 26.4 Å². The van der Waals surface area contributed by atoms with Crippen LogP contribution in [-0.4, -0.2) is 59.4 Å². The maximum Gasteiger partial charge on any atom is 0.407 e. The number of nitrogens with zero attached hydrogens (tertiary/aromatic N) is 3. The molecule has 1 unspecified atom stereocenters. The van der Waals surface area contributed by atoms with Crippen molar-refractivity contribution in [2.24, 2.45) is 10.5 Å². The molecule has 0 radical (unpaired) electrons. The Morgan fingerprint density at radius 2 is 2.09 bits per heavy atom. The molecule has 0 aliphatic heterocycles. The summed E-state index contributed by atoms with van der Waals surface area (Å²) in [6.07, 6.45) is -0.0836. The molecular formula is C12H24N4O5S. The van der Waals surface area contributed by atoms with Crippen molar-refractivity contribution in [2.75, 3.05) is 38.8 Å². The van der Waals surface area contributed by atoms with E-state index in [4.69, 9.17) is 15.0 Å². The van der Waals surface area contributed by atoms with Gasteiger partial charge in [-0.15, -0.1) is 0 Å². The molecule has 0 aromatic carbocycles. The van der Waals surface area contributed by atoms with Gasteiger partial charge in [-0.2, -0.15) is 0 Å². The molecule has 0 heterocycles. The summed E-state index contributed by atoms with van der Waals surface area (Å²) in [6, 6.07) is 0. The molecule has 0 spiro atoms. The van der Waals surface area contributed by atoms with E-state index in [9.17, 15) is 13.2 Å². The predicted octanol–water partition coefficient (Wildman–Crippen LogP) is 1.50. The summed E-state index contributed by atoms with van der Waals surface area (Å²) in [5, 5.41) is 5.91. The van der Waals surface area contributed by atoms with Gasteiger partial charge in [-0.3, -0.25) is 0 Å². The summed E-state index contributed by atoms with van der Waals surface area (Å²) in [5.74, 6) is -0.298. The highest BCUT2D eigenvalue weighted by Gasteiger charge is 2.35. The number of hydrogen-bond donors (Lipinski definition) is 1. The minimum Gasteiger partial charge on any atom is -0.445 e. The second-order valence-corrected chi connectivity index (χ2v) is 7.78. The van der Waals surface area contributed by atoms with Gasteiger partial charge in [0.2, 0.25) is 0 Å². The van der Waals surface area contributed by atoms with Crippen LogP contribution in [0.15, 0.2) is 5.11 Å². The van der Waals surface area contributed by atoms with Crippen molar-refractivity contribution in [1.29, 1.82) is 0 Å². The number of azide groups is 1. The van der Waals surface area contributed by atoms with Gasteiger partial charge in [0.25, 0.3) is 0 Å². The Bertz CT molecular complexity index is 500. The average Bonchev–Trinajstić information content (AvgIpc) is 2.37. The number of rotatable bonds is 10. The summed E-state index contributed by atoms with van der Waals surface area (Å²) < 4.78 is 33.1. The fourth-order valence-corrected chi connectivity index (χ4v) is 2.73. The Balaban J connectivity index is 4.87. The van der Waals surface area contributed by atoms with E-state index >= 15 is 0 Å². The number of carbonyl (C=O) groups is 1. The summed E-state index contributed by atoms with van der Waals surface area (Å²) in [4.78, 5) is 14.4. The molecular weight excluding hydrogens is 312 g/mol. The smallest absolute Gasteiger partial charge is 0.407 e. The van der Waals surface area contributed by atoms with Gasteiger partial charge in [-0.1, -0.05) is 19.0 Å². The van der Waals surface area contributed by atoms with Crippen molar-refractivity contribution >= 4 is 15.9 Å². The maximum absolute atomic E-state index is 11.7. The summed E-state index contributed by atoms with van der Waals surface area (Å²) in [5.41, 5.74) is 7.65. The first kappa shape index (κ1) is 20.5. The van der Waals surface area contributed by atoms with Gasteiger partial charge < -0.3 is 14.8 Å². The Labute approximate surface area is 130 Å². The highest BCUT2D eigenvalue weighted by Crippen LogP contribution is 2.29. The molecule has 0 fully saturated rings. The first-order chi connectivity index (χ1) is 10.1. The lowest BCUT2D eigenvalue weighted by molar-refractivity contribution is 0.0327. The summed E-state index contributed by atoms with van der Waals surface area (Å²) >= 11 is 0. The minimum atomic E-state index is -3.34. The van der Waals surface area contributed by atoms with Gasteiger partial charge in [-0.25, -0.2) is 13.2 Å². The van der Waals surface area contributed by atoms with Gasteiger partial charge in [0.15, 0.2) is 9.84 Å². The van der Waals surface area contributed by atoms with Crippen LogP contribution in [0.4, 0.5) is 4.79 Å². The lowest BCUT2D eigenvalue weighted by Crippen LogP contribution is -2.42. The van der Waals surface area contributed by atoms with Gasteiger partial charge in [0.05, 0.1) is 12.4 Å². The standard InChI is InChI=1S/C12H24N4O5S/c1-12(2,5-6-15-16-13)10(9-22(4,18)19)21-11(17)14-7-8-20-3/h10H,5-9H2,1-4H3,(H,14,17). The molecule has 22 heavy (non-hydrogen) atoms. The van der Waals surface area contributed by atoms with Crippen LogP contribution >= 0.6 is 0 Å². The van der Waals surface area contributed by atoms with Crippen LogP contribution in [0.5, 0.6) is 0 Å². The average molecular weight is 336 g/mol. The summed E-state index contributed by atoms with van der Waals surface area (Å²) in [7, 11) is -1.84. The number of alkyl carbamates (subject to hydrolysis) is 1. The molecule has 10 heteroatoms. The van der Waals surface area contributed by atoms with Crippen LogP contribution in [0.1, 0.15) is 20.3 Å². The second-order valence-electron chi connectivity index (χ2n) is 5.60. The highest BCUT2D eigenvalue weighted by atomic mass is 32.2. The molecule has 0 aliphatic rings. The first-order valence-corrected chi connectivity index (χ1v) is 8.80. The monoisotopic (exact) mass is 336 g/mol. The van der Waals surface area contributed by atoms with E-state index in [0.29, 0.717) is 13.0 Å². The van der Waals surface area contributed by atoms with Crippen LogP contribution in [0.2, 0.25) is 0 Å². The van der Waals surface area contributed by atoms with E-state index in [-0.39, 0.29) is 18.8 Å². The predicted molar refractivity (Wildman–Crippen MR) is 82.3 cm³/mol.